The summed E-state index contributed by atoms with van der Waals surface area (Å²) in [4.78, 5) is 14.1. The van der Waals surface area contributed by atoms with E-state index < -0.39 is 0 Å². The van der Waals surface area contributed by atoms with Gasteiger partial charge in [0.25, 0.3) is 0 Å². The van der Waals surface area contributed by atoms with Crippen LogP contribution in [0, 0.1) is 5.92 Å². The summed E-state index contributed by atoms with van der Waals surface area (Å²) in [5.41, 5.74) is 1.95. The molecule has 3 rings (SSSR count). The first-order valence-electron chi connectivity index (χ1n) is 7.66. The number of nitrogens with one attached hydrogen (secondary N) is 2. The van der Waals surface area contributed by atoms with E-state index in [1.54, 1.807) is 18.5 Å². The normalized spacial score (nSPS) is 17.8. The first-order chi connectivity index (χ1) is 11.2. The lowest BCUT2D eigenvalue weighted by Gasteiger charge is -2.20. The second-order valence-electron chi connectivity index (χ2n) is 5.66. The van der Waals surface area contributed by atoms with Crippen molar-refractivity contribution in [2.45, 2.75) is 6.42 Å². The number of halogens is 1. The maximum atomic E-state index is 11.8. The largest absolute Gasteiger partial charge is 0.370 e. The van der Waals surface area contributed by atoms with E-state index in [-0.39, 0.29) is 5.91 Å². The fourth-order valence-electron chi connectivity index (χ4n) is 2.75. The number of aromatic nitrogens is 2. The molecule has 0 spiro atoms. The van der Waals surface area contributed by atoms with E-state index in [0.717, 1.165) is 35.8 Å². The van der Waals surface area contributed by atoms with Crippen LogP contribution in [0.1, 0.15) is 12.0 Å². The first-order valence-corrected chi connectivity index (χ1v) is 8.04. The summed E-state index contributed by atoms with van der Waals surface area (Å²) in [6, 6.07) is 7.88. The molecule has 1 aromatic carbocycles. The molecular weight excluding hydrogens is 312 g/mol. The number of H-pyrrole nitrogens is 1. The lowest BCUT2D eigenvalue weighted by Crippen LogP contribution is -2.29. The van der Waals surface area contributed by atoms with Crippen molar-refractivity contribution in [1.82, 2.24) is 15.5 Å². The molecular formula is C17H19ClN4O. The zero-order valence-electron chi connectivity index (χ0n) is 12.7. The average molecular weight is 331 g/mol. The smallest absolute Gasteiger partial charge is 0.244 e. The van der Waals surface area contributed by atoms with Crippen molar-refractivity contribution in [1.29, 1.82) is 0 Å². The van der Waals surface area contributed by atoms with Crippen LogP contribution in [-0.4, -0.2) is 35.7 Å². The van der Waals surface area contributed by atoms with Gasteiger partial charge in [-0.25, -0.2) is 0 Å². The molecule has 1 aromatic heterocycles. The zero-order valence-corrected chi connectivity index (χ0v) is 13.5. The van der Waals surface area contributed by atoms with Gasteiger partial charge in [-0.05, 0) is 30.5 Å². The van der Waals surface area contributed by atoms with Gasteiger partial charge in [-0.3, -0.25) is 9.89 Å². The van der Waals surface area contributed by atoms with Crippen LogP contribution in [0.3, 0.4) is 0 Å². The number of anilines is 1. The van der Waals surface area contributed by atoms with Gasteiger partial charge < -0.3 is 10.2 Å². The van der Waals surface area contributed by atoms with Crippen LogP contribution in [0.25, 0.3) is 6.08 Å². The SMILES string of the molecule is O=C(/C=C/c1cn[nH]c1)NCC1CCN(c2ccccc2Cl)C1. The molecule has 0 saturated carbocycles. The first kappa shape index (κ1) is 15.6. The summed E-state index contributed by atoms with van der Waals surface area (Å²) in [6.45, 7) is 2.56. The van der Waals surface area contributed by atoms with Crippen LogP contribution in [0.4, 0.5) is 5.69 Å². The van der Waals surface area contributed by atoms with Crippen molar-refractivity contribution in [3.05, 3.63) is 53.3 Å². The summed E-state index contributed by atoms with van der Waals surface area (Å²) in [5, 5.41) is 10.3. The molecule has 1 atom stereocenters. The summed E-state index contributed by atoms with van der Waals surface area (Å²) in [6.07, 6.45) is 7.73. The number of nitrogens with zero attached hydrogens (tertiary/aromatic N) is 2. The molecule has 1 aliphatic rings. The van der Waals surface area contributed by atoms with Gasteiger partial charge in [-0.2, -0.15) is 5.10 Å². The predicted molar refractivity (Wildman–Crippen MR) is 92.4 cm³/mol. The average Bonchev–Trinajstić information content (AvgIpc) is 3.23. The minimum atomic E-state index is -0.0811. The number of carbonyl (C=O) groups excluding carboxylic acids is 1. The third-order valence-corrected chi connectivity index (χ3v) is 4.31. The fourth-order valence-corrected chi connectivity index (χ4v) is 3.01. The van der Waals surface area contributed by atoms with Gasteiger partial charge in [-0.1, -0.05) is 23.7 Å². The third-order valence-electron chi connectivity index (χ3n) is 3.99. The van der Waals surface area contributed by atoms with Crippen molar-refractivity contribution in [3.63, 3.8) is 0 Å². The molecule has 2 aromatic rings. The van der Waals surface area contributed by atoms with Crippen LogP contribution < -0.4 is 10.2 Å². The van der Waals surface area contributed by atoms with Crippen molar-refractivity contribution >= 4 is 29.3 Å². The van der Waals surface area contributed by atoms with E-state index >= 15 is 0 Å². The minimum absolute atomic E-state index is 0.0811. The van der Waals surface area contributed by atoms with Crippen molar-refractivity contribution in [2.24, 2.45) is 5.92 Å². The lowest BCUT2D eigenvalue weighted by atomic mass is 10.1. The molecule has 1 unspecified atom stereocenters. The second kappa shape index (κ2) is 7.33. The number of hydrogen-bond donors (Lipinski definition) is 2. The molecule has 1 aliphatic heterocycles. The Morgan fingerprint density at radius 1 is 1.48 bits per heavy atom. The van der Waals surface area contributed by atoms with Gasteiger partial charge in [-0.15, -0.1) is 0 Å². The quantitative estimate of drug-likeness (QED) is 0.829. The van der Waals surface area contributed by atoms with Crippen molar-refractivity contribution < 1.29 is 4.79 Å². The molecule has 0 aliphatic carbocycles. The zero-order chi connectivity index (χ0) is 16.1. The van der Waals surface area contributed by atoms with E-state index in [9.17, 15) is 4.79 Å². The Labute approximate surface area is 140 Å². The van der Waals surface area contributed by atoms with Gasteiger partial charge >= 0.3 is 0 Å². The van der Waals surface area contributed by atoms with E-state index in [0.29, 0.717) is 12.5 Å². The molecule has 2 N–H and O–H groups in total. The minimum Gasteiger partial charge on any atom is -0.370 e. The molecule has 6 heteroatoms. The van der Waals surface area contributed by atoms with Crippen LogP contribution in [0.2, 0.25) is 5.02 Å². The van der Waals surface area contributed by atoms with Gasteiger partial charge in [0.2, 0.25) is 5.91 Å². The van der Waals surface area contributed by atoms with Crippen LogP contribution in [-0.2, 0) is 4.79 Å². The molecule has 0 bridgehead atoms. The Hall–Kier alpha value is -2.27. The Morgan fingerprint density at radius 2 is 2.35 bits per heavy atom. The van der Waals surface area contributed by atoms with Gasteiger partial charge in [0.15, 0.2) is 0 Å². The Kier molecular flexibility index (Phi) is 4.98. The number of hydrogen-bond acceptors (Lipinski definition) is 3. The Balaban J connectivity index is 1.47. The molecule has 5 nitrogen and oxygen atoms in total. The standard InChI is InChI=1S/C17H19ClN4O/c18-15-3-1-2-4-16(15)22-8-7-14(12-22)9-19-17(23)6-5-13-10-20-21-11-13/h1-6,10-11,14H,7-9,12H2,(H,19,23)(H,20,21)/b6-5+. The maximum Gasteiger partial charge on any atom is 0.244 e. The highest BCUT2D eigenvalue weighted by Gasteiger charge is 2.23. The second-order valence-corrected chi connectivity index (χ2v) is 6.07. The molecule has 0 radical (unpaired) electrons. The Bertz CT molecular complexity index is 684. The molecule has 1 amide bonds. The molecule has 120 valence electrons. The molecule has 2 heterocycles. The van der Waals surface area contributed by atoms with Crippen LogP contribution in [0.15, 0.2) is 42.7 Å². The number of benzene rings is 1. The lowest BCUT2D eigenvalue weighted by molar-refractivity contribution is -0.116. The number of amides is 1. The Morgan fingerprint density at radius 3 is 3.13 bits per heavy atom. The fraction of sp³-hybridized carbons (Fsp3) is 0.294. The van der Waals surface area contributed by atoms with E-state index in [4.69, 9.17) is 11.6 Å². The van der Waals surface area contributed by atoms with Gasteiger partial charge in [0.05, 0.1) is 16.9 Å². The predicted octanol–water partition coefficient (Wildman–Crippen LogP) is 2.72. The van der Waals surface area contributed by atoms with Crippen LogP contribution in [0.5, 0.6) is 0 Å². The van der Waals surface area contributed by atoms with E-state index in [1.807, 2.05) is 24.3 Å². The van der Waals surface area contributed by atoms with Crippen LogP contribution >= 0.6 is 11.6 Å². The summed E-state index contributed by atoms with van der Waals surface area (Å²) < 4.78 is 0. The topological polar surface area (TPSA) is 61.0 Å². The summed E-state index contributed by atoms with van der Waals surface area (Å²) >= 11 is 6.24. The third kappa shape index (κ3) is 4.13. The molecule has 23 heavy (non-hydrogen) atoms. The summed E-state index contributed by atoms with van der Waals surface area (Å²) in [5.74, 6) is 0.361. The number of para-hydroxylation sites is 1. The molecule has 1 fully saturated rings. The molecule has 1 saturated heterocycles. The maximum absolute atomic E-state index is 11.8. The van der Waals surface area contributed by atoms with Crippen molar-refractivity contribution in [3.8, 4) is 0 Å². The summed E-state index contributed by atoms with van der Waals surface area (Å²) in [7, 11) is 0. The van der Waals surface area contributed by atoms with Gasteiger partial charge in [0.1, 0.15) is 0 Å². The highest BCUT2D eigenvalue weighted by molar-refractivity contribution is 6.33. The van der Waals surface area contributed by atoms with E-state index in [1.165, 1.54) is 6.08 Å². The monoisotopic (exact) mass is 330 g/mol. The number of carbonyl (C=O) groups is 1. The number of rotatable bonds is 5. The van der Waals surface area contributed by atoms with Gasteiger partial charge in [0, 0.05) is 37.5 Å². The van der Waals surface area contributed by atoms with Crippen molar-refractivity contribution in [2.75, 3.05) is 24.5 Å². The van der Waals surface area contributed by atoms with E-state index in [2.05, 4.69) is 20.4 Å². The highest BCUT2D eigenvalue weighted by Crippen LogP contribution is 2.29. The highest BCUT2D eigenvalue weighted by atomic mass is 35.5. The number of aromatic amines is 1.